The largest absolute Gasteiger partial charge is 0.458 e. The van der Waals surface area contributed by atoms with Gasteiger partial charge in [0.15, 0.2) is 8.07 Å². The van der Waals surface area contributed by atoms with E-state index in [1.54, 1.807) is 0 Å². The van der Waals surface area contributed by atoms with Gasteiger partial charge < -0.3 is 9.64 Å². The van der Waals surface area contributed by atoms with Crippen LogP contribution in [0.2, 0.25) is 0 Å². The van der Waals surface area contributed by atoms with Crippen molar-refractivity contribution in [1.29, 1.82) is 0 Å². The maximum Gasteiger partial charge on any atom is 0.190 e. The van der Waals surface area contributed by atoms with Crippen LogP contribution in [0.1, 0.15) is 0 Å². The van der Waals surface area contributed by atoms with Crippen LogP contribution >= 0.6 is 23.5 Å². The third-order valence-electron chi connectivity index (χ3n) is 9.59. The molecule has 7 aromatic rings. The monoisotopic (exact) mass is 653 g/mol. The van der Waals surface area contributed by atoms with Crippen LogP contribution in [0.15, 0.2) is 183 Å². The van der Waals surface area contributed by atoms with Crippen LogP contribution in [0.25, 0.3) is 11.1 Å². The topological polar surface area (TPSA) is 12.5 Å². The van der Waals surface area contributed by atoms with Crippen LogP contribution < -0.4 is 30.4 Å². The molecule has 0 unspecified atom stereocenters. The molecule has 222 valence electrons. The van der Waals surface area contributed by atoms with Crippen molar-refractivity contribution in [2.45, 2.75) is 19.6 Å². The Labute approximate surface area is 283 Å². The lowest BCUT2D eigenvalue weighted by Gasteiger charge is -2.43. The van der Waals surface area contributed by atoms with Crippen molar-refractivity contribution in [3.8, 4) is 22.6 Å². The molecule has 0 atom stereocenters. The quantitative estimate of drug-likeness (QED) is 0.172. The number of benzene rings is 7. The average molecular weight is 654 g/mol. The summed E-state index contributed by atoms with van der Waals surface area (Å²) in [5.74, 6) is 1.94. The lowest BCUT2D eigenvalue weighted by Crippen LogP contribution is -2.77. The molecule has 0 N–H and O–H groups in total. The number of fused-ring (bicyclic) bond motifs is 10. The first-order chi connectivity index (χ1) is 23.3. The summed E-state index contributed by atoms with van der Waals surface area (Å²) in [5.41, 5.74) is 5.98. The highest BCUT2D eigenvalue weighted by atomic mass is 32.2. The first-order valence-electron chi connectivity index (χ1n) is 15.8. The smallest absolute Gasteiger partial charge is 0.190 e. The van der Waals surface area contributed by atoms with Gasteiger partial charge in [0.25, 0.3) is 0 Å². The molecule has 2 nitrogen and oxygen atoms in total. The van der Waals surface area contributed by atoms with Gasteiger partial charge in [0.1, 0.15) is 11.5 Å². The van der Waals surface area contributed by atoms with E-state index in [1.807, 2.05) is 23.5 Å². The lowest BCUT2D eigenvalue weighted by atomic mass is 10.0. The minimum absolute atomic E-state index is 0.964. The van der Waals surface area contributed by atoms with Gasteiger partial charge in [-0.3, -0.25) is 0 Å². The molecule has 10 rings (SSSR count). The summed E-state index contributed by atoms with van der Waals surface area (Å²) in [6.07, 6.45) is 0. The van der Waals surface area contributed by atoms with Gasteiger partial charge in [-0.15, -0.1) is 0 Å². The van der Waals surface area contributed by atoms with E-state index >= 15 is 0 Å². The van der Waals surface area contributed by atoms with E-state index in [4.69, 9.17) is 4.74 Å². The number of ether oxygens (including phenoxy) is 1. The van der Waals surface area contributed by atoms with Gasteiger partial charge in [0.2, 0.25) is 0 Å². The number of rotatable bonds is 2. The van der Waals surface area contributed by atoms with E-state index in [-0.39, 0.29) is 0 Å². The second kappa shape index (κ2) is 10.5. The third kappa shape index (κ3) is 4.00. The predicted molar refractivity (Wildman–Crippen MR) is 198 cm³/mol. The van der Waals surface area contributed by atoms with Gasteiger partial charge in [-0.1, -0.05) is 127 Å². The number of para-hydroxylation sites is 3. The number of anilines is 3. The molecule has 1 spiro atoms. The molecule has 0 fully saturated rings. The fourth-order valence-electron chi connectivity index (χ4n) is 7.58. The standard InChI is InChI=1S/C42H27NOS2Si/c1-4-14-35-31(11-1)43(32-12-2-5-15-36(32)45-35)30-24-21-28(22-25-30)29-23-26-34-42(27-29)47(39-18-8-3-13-33(39)44-34)40-19-9-6-16-37(40)46-38-17-7-10-20-41(38)47/h1-27H. The highest BCUT2D eigenvalue weighted by molar-refractivity contribution is 8.00. The lowest BCUT2D eigenvalue weighted by molar-refractivity contribution is 0.487. The molecular formula is C42H27NOS2Si. The first-order valence-corrected chi connectivity index (χ1v) is 19.5. The summed E-state index contributed by atoms with van der Waals surface area (Å²) >= 11 is 3.73. The van der Waals surface area contributed by atoms with E-state index < -0.39 is 8.07 Å². The molecular weight excluding hydrogens is 627 g/mol. The molecule has 5 heteroatoms. The van der Waals surface area contributed by atoms with E-state index in [9.17, 15) is 0 Å². The molecule has 7 aromatic carbocycles. The summed E-state index contributed by atoms with van der Waals surface area (Å²) in [7, 11) is -2.69. The Balaban J connectivity index is 1.15. The van der Waals surface area contributed by atoms with Crippen molar-refractivity contribution in [2.24, 2.45) is 0 Å². The fourth-order valence-corrected chi connectivity index (χ4v) is 15.8. The Kier molecular flexibility index (Phi) is 6.10. The van der Waals surface area contributed by atoms with E-state index in [1.165, 1.54) is 62.8 Å². The predicted octanol–water partition coefficient (Wildman–Crippen LogP) is 9.24. The molecule has 0 amide bonds. The Hall–Kier alpha value is -4.94. The van der Waals surface area contributed by atoms with E-state index in [0.29, 0.717) is 0 Å². The van der Waals surface area contributed by atoms with Crippen LogP contribution in [0.4, 0.5) is 17.1 Å². The highest BCUT2D eigenvalue weighted by Gasteiger charge is 2.52. The van der Waals surface area contributed by atoms with Crippen molar-refractivity contribution >= 4 is 69.4 Å². The summed E-state index contributed by atoms with van der Waals surface area (Å²) < 4.78 is 6.71. The molecule has 0 bridgehead atoms. The van der Waals surface area contributed by atoms with Crippen LogP contribution in [0.5, 0.6) is 11.5 Å². The van der Waals surface area contributed by atoms with Gasteiger partial charge in [0, 0.05) is 25.3 Å². The Bertz CT molecular complexity index is 2220. The third-order valence-corrected chi connectivity index (χ3v) is 17.1. The van der Waals surface area contributed by atoms with E-state index in [0.717, 1.165) is 17.2 Å². The van der Waals surface area contributed by atoms with Crippen molar-refractivity contribution < 1.29 is 4.74 Å². The van der Waals surface area contributed by atoms with Gasteiger partial charge in [-0.2, -0.15) is 0 Å². The van der Waals surface area contributed by atoms with Crippen molar-refractivity contribution in [3.63, 3.8) is 0 Å². The molecule has 3 aliphatic heterocycles. The maximum absolute atomic E-state index is 6.71. The molecule has 3 aliphatic rings. The van der Waals surface area contributed by atoms with Crippen LogP contribution in [0, 0.1) is 0 Å². The van der Waals surface area contributed by atoms with Gasteiger partial charge >= 0.3 is 0 Å². The van der Waals surface area contributed by atoms with Crippen molar-refractivity contribution in [1.82, 2.24) is 0 Å². The van der Waals surface area contributed by atoms with Crippen molar-refractivity contribution in [2.75, 3.05) is 4.90 Å². The molecule has 0 saturated heterocycles. The normalized spacial score (nSPS) is 14.5. The molecule has 0 saturated carbocycles. The average Bonchev–Trinajstić information content (AvgIpc) is 3.14. The minimum Gasteiger partial charge on any atom is -0.458 e. The van der Waals surface area contributed by atoms with Gasteiger partial charge in [-0.25, -0.2) is 0 Å². The molecule has 0 aromatic heterocycles. The number of hydrogen-bond acceptors (Lipinski definition) is 4. The molecule has 47 heavy (non-hydrogen) atoms. The maximum atomic E-state index is 6.71. The van der Waals surface area contributed by atoms with Gasteiger partial charge in [0.05, 0.1) is 11.4 Å². The van der Waals surface area contributed by atoms with Gasteiger partial charge in [-0.05, 0) is 92.5 Å². The molecule has 3 heterocycles. The Morgan fingerprint density at radius 3 is 1.55 bits per heavy atom. The zero-order valence-corrected chi connectivity index (χ0v) is 27.9. The minimum atomic E-state index is -2.69. The summed E-state index contributed by atoms with van der Waals surface area (Å²) in [6, 6.07) is 60.1. The summed E-state index contributed by atoms with van der Waals surface area (Å²) in [5, 5.41) is 5.51. The second-order valence-corrected chi connectivity index (χ2v) is 17.9. The second-order valence-electron chi connectivity index (χ2n) is 12.1. The van der Waals surface area contributed by atoms with E-state index in [2.05, 4.69) is 169 Å². The highest BCUT2D eigenvalue weighted by Crippen LogP contribution is 2.51. The van der Waals surface area contributed by atoms with Crippen LogP contribution in [-0.4, -0.2) is 8.07 Å². The van der Waals surface area contributed by atoms with Crippen molar-refractivity contribution in [3.05, 3.63) is 164 Å². The summed E-state index contributed by atoms with van der Waals surface area (Å²) in [6.45, 7) is 0. The first kappa shape index (κ1) is 27.2. The fraction of sp³-hybridized carbons (Fsp3) is 0. The Morgan fingerprint density at radius 2 is 0.894 bits per heavy atom. The SMILES string of the molecule is c1ccc2c(c1)Oc1ccc(-c3ccc(N4c5ccccc5Sc5ccccc54)cc3)cc1[Si]21c2ccccc2Sc2ccccc21. The molecule has 0 radical (unpaired) electrons. The molecule has 0 aliphatic carbocycles. The zero-order chi connectivity index (χ0) is 31.0. The zero-order valence-electron chi connectivity index (χ0n) is 25.3. The van der Waals surface area contributed by atoms with Crippen LogP contribution in [0.3, 0.4) is 0 Å². The number of nitrogens with zero attached hydrogens (tertiary/aromatic N) is 1. The Morgan fingerprint density at radius 1 is 0.404 bits per heavy atom. The van der Waals surface area contributed by atoms with Crippen LogP contribution in [-0.2, 0) is 0 Å². The summed E-state index contributed by atoms with van der Waals surface area (Å²) in [4.78, 5) is 7.61. The number of hydrogen-bond donors (Lipinski definition) is 0.